The van der Waals surface area contributed by atoms with Gasteiger partial charge in [-0.25, -0.2) is 0 Å². The number of benzene rings is 2. The Morgan fingerprint density at radius 1 is 1.00 bits per heavy atom. The molecule has 0 unspecified atom stereocenters. The van der Waals surface area contributed by atoms with Crippen molar-refractivity contribution in [3.05, 3.63) is 64.7 Å². The first kappa shape index (κ1) is 15.8. The fraction of sp³-hybridized carbons (Fsp3) is 0.250. The summed E-state index contributed by atoms with van der Waals surface area (Å²) in [7, 11) is -4.33. The largest absolute Gasteiger partial charge is 0.368 e. The topological polar surface area (TPSA) is 69.6 Å². The zero-order valence-electron chi connectivity index (χ0n) is 12.4. The Hall–Kier alpha value is -1.61. The molecule has 2 aromatic carbocycles. The van der Waals surface area contributed by atoms with Crippen LogP contribution in [0.4, 0.5) is 5.69 Å². The monoisotopic (exact) mass is 305 g/mol. The molecule has 0 aliphatic heterocycles. The van der Waals surface area contributed by atoms with Crippen molar-refractivity contribution in [2.45, 2.75) is 26.6 Å². The van der Waals surface area contributed by atoms with Gasteiger partial charge in [-0.1, -0.05) is 35.9 Å². The first-order chi connectivity index (χ1) is 9.77. The van der Waals surface area contributed by atoms with Crippen molar-refractivity contribution >= 4 is 13.3 Å². The van der Waals surface area contributed by atoms with Crippen molar-refractivity contribution in [2.24, 2.45) is 0 Å². The summed E-state index contributed by atoms with van der Waals surface area (Å²) in [6.07, 6.45) is 0. The van der Waals surface area contributed by atoms with Crippen LogP contribution in [-0.2, 0) is 4.57 Å². The Labute approximate surface area is 125 Å². The first-order valence-electron chi connectivity index (χ1n) is 6.73. The quantitative estimate of drug-likeness (QED) is 0.749. The lowest BCUT2D eigenvalue weighted by molar-refractivity contribution is 0.363. The van der Waals surface area contributed by atoms with Gasteiger partial charge in [0.2, 0.25) is 0 Å². The highest BCUT2D eigenvalue weighted by atomic mass is 31.2. The number of nitrogens with one attached hydrogen (secondary N) is 1. The molecule has 0 fully saturated rings. The first-order valence-corrected chi connectivity index (χ1v) is 8.41. The molecule has 0 amide bonds. The molecule has 112 valence electrons. The van der Waals surface area contributed by atoms with E-state index in [1.54, 1.807) is 12.1 Å². The van der Waals surface area contributed by atoms with Crippen LogP contribution in [0.25, 0.3) is 0 Å². The molecule has 0 saturated carbocycles. The van der Waals surface area contributed by atoms with Crippen molar-refractivity contribution in [1.29, 1.82) is 0 Å². The summed E-state index contributed by atoms with van der Waals surface area (Å²) in [5, 5.41) is 2.97. The zero-order valence-corrected chi connectivity index (χ0v) is 13.3. The highest BCUT2D eigenvalue weighted by Crippen LogP contribution is 2.52. The van der Waals surface area contributed by atoms with Crippen LogP contribution in [0.3, 0.4) is 0 Å². The van der Waals surface area contributed by atoms with Gasteiger partial charge in [0.05, 0.1) is 0 Å². The van der Waals surface area contributed by atoms with Crippen LogP contribution in [0, 0.1) is 20.8 Å². The van der Waals surface area contributed by atoms with Gasteiger partial charge in [0, 0.05) is 5.69 Å². The van der Waals surface area contributed by atoms with Crippen LogP contribution in [-0.4, -0.2) is 9.79 Å². The van der Waals surface area contributed by atoms with Crippen molar-refractivity contribution in [3.63, 3.8) is 0 Å². The van der Waals surface area contributed by atoms with E-state index in [9.17, 15) is 14.4 Å². The van der Waals surface area contributed by atoms with E-state index in [1.807, 2.05) is 51.1 Å². The van der Waals surface area contributed by atoms with E-state index in [0.717, 1.165) is 16.7 Å². The predicted molar refractivity (Wildman–Crippen MR) is 85.5 cm³/mol. The maximum Gasteiger partial charge on any atom is 0.352 e. The zero-order chi connectivity index (χ0) is 15.6. The van der Waals surface area contributed by atoms with Crippen molar-refractivity contribution in [1.82, 2.24) is 0 Å². The molecule has 0 aromatic heterocycles. The smallest absolute Gasteiger partial charge is 0.352 e. The predicted octanol–water partition coefficient (Wildman–Crippen LogP) is 3.90. The van der Waals surface area contributed by atoms with E-state index in [0.29, 0.717) is 11.3 Å². The molecule has 4 nitrogen and oxygen atoms in total. The third-order valence-electron chi connectivity index (χ3n) is 3.38. The molecule has 2 aromatic rings. The van der Waals surface area contributed by atoms with Crippen molar-refractivity contribution in [2.75, 3.05) is 5.32 Å². The van der Waals surface area contributed by atoms with E-state index in [4.69, 9.17) is 0 Å². The lowest BCUT2D eigenvalue weighted by Gasteiger charge is -2.23. The second kappa shape index (κ2) is 6.02. The average molecular weight is 305 g/mol. The number of rotatable bonds is 4. The number of hydrogen-bond donors (Lipinski definition) is 3. The van der Waals surface area contributed by atoms with Gasteiger partial charge in [0.1, 0.15) is 0 Å². The maximum absolute atomic E-state index is 11.9. The van der Waals surface area contributed by atoms with E-state index >= 15 is 0 Å². The summed E-state index contributed by atoms with van der Waals surface area (Å²) in [6, 6.07) is 13.0. The van der Waals surface area contributed by atoms with Gasteiger partial charge in [0.15, 0.2) is 5.78 Å². The Morgan fingerprint density at radius 2 is 1.67 bits per heavy atom. The Balaban J connectivity index is 2.42. The summed E-state index contributed by atoms with van der Waals surface area (Å²) in [5.74, 6) is -1.04. The summed E-state index contributed by atoms with van der Waals surface area (Å²) >= 11 is 0. The highest BCUT2D eigenvalue weighted by Gasteiger charge is 2.31. The lowest BCUT2D eigenvalue weighted by Crippen LogP contribution is -2.13. The van der Waals surface area contributed by atoms with Crippen LogP contribution in [0.15, 0.2) is 42.5 Å². The normalized spacial score (nSPS) is 13.0. The Bertz CT molecular complexity index is 694. The minimum Gasteiger partial charge on any atom is -0.368 e. The Kier molecular flexibility index (Phi) is 4.52. The summed E-state index contributed by atoms with van der Waals surface area (Å²) in [4.78, 5) is 19.4. The number of aryl methyl sites for hydroxylation is 3. The highest BCUT2D eigenvalue weighted by molar-refractivity contribution is 7.52. The Morgan fingerprint density at radius 3 is 2.24 bits per heavy atom. The second-order valence-electron chi connectivity index (χ2n) is 5.37. The molecule has 0 aliphatic carbocycles. The third kappa shape index (κ3) is 3.94. The summed E-state index contributed by atoms with van der Waals surface area (Å²) in [6.45, 7) is 5.76. The van der Waals surface area contributed by atoms with Gasteiger partial charge < -0.3 is 15.1 Å². The molecule has 0 aliphatic rings. The van der Waals surface area contributed by atoms with E-state index in [-0.39, 0.29) is 0 Å². The summed E-state index contributed by atoms with van der Waals surface area (Å²) < 4.78 is 11.9. The molecule has 2 rings (SSSR count). The van der Waals surface area contributed by atoms with Crippen LogP contribution in [0.5, 0.6) is 0 Å². The van der Waals surface area contributed by atoms with E-state index in [1.165, 1.54) is 0 Å². The molecular formula is C16H20NO3P. The maximum atomic E-state index is 11.9. The van der Waals surface area contributed by atoms with Gasteiger partial charge in [-0.05, 0) is 49.6 Å². The standard InChI is InChI=1S/C16H20NO3P/c1-11-5-4-6-14(10-11)17-16(21(18,19)20)15-8-7-12(2)9-13(15)3/h4-10,16-17H,1-3H3,(H2,18,19,20)/t16-/m0/s1. The molecule has 1 atom stereocenters. The van der Waals surface area contributed by atoms with Gasteiger partial charge in [-0.15, -0.1) is 0 Å². The number of hydrogen-bond acceptors (Lipinski definition) is 2. The molecule has 5 heteroatoms. The lowest BCUT2D eigenvalue weighted by atomic mass is 10.1. The van der Waals surface area contributed by atoms with Crippen LogP contribution in [0.1, 0.15) is 28.0 Å². The average Bonchev–Trinajstić information content (AvgIpc) is 2.35. The molecule has 21 heavy (non-hydrogen) atoms. The third-order valence-corrected chi connectivity index (χ3v) is 4.46. The minimum absolute atomic E-state index is 0.621. The van der Waals surface area contributed by atoms with Gasteiger partial charge in [0.25, 0.3) is 0 Å². The molecule has 0 saturated heterocycles. The van der Waals surface area contributed by atoms with Gasteiger partial charge in [-0.3, -0.25) is 4.57 Å². The second-order valence-corrected chi connectivity index (χ2v) is 7.06. The molecule has 0 spiro atoms. The van der Waals surface area contributed by atoms with E-state index in [2.05, 4.69) is 5.32 Å². The molecular weight excluding hydrogens is 285 g/mol. The van der Waals surface area contributed by atoms with Crippen LogP contribution < -0.4 is 5.32 Å². The summed E-state index contributed by atoms with van der Waals surface area (Å²) in [5.41, 5.74) is 4.28. The number of anilines is 1. The fourth-order valence-electron chi connectivity index (χ4n) is 2.37. The SMILES string of the molecule is Cc1cccc(N[C@H](c2ccc(C)cc2C)P(=O)(O)O)c1. The van der Waals surface area contributed by atoms with Gasteiger partial charge in [-0.2, -0.15) is 0 Å². The molecule has 3 N–H and O–H groups in total. The van der Waals surface area contributed by atoms with E-state index < -0.39 is 13.4 Å². The molecule has 0 radical (unpaired) electrons. The molecule has 0 heterocycles. The van der Waals surface area contributed by atoms with Crippen LogP contribution in [0.2, 0.25) is 0 Å². The van der Waals surface area contributed by atoms with Crippen molar-refractivity contribution < 1.29 is 14.4 Å². The van der Waals surface area contributed by atoms with Crippen LogP contribution >= 0.6 is 7.60 Å². The minimum atomic E-state index is -4.33. The molecule has 0 bridgehead atoms. The van der Waals surface area contributed by atoms with Crippen molar-refractivity contribution in [3.8, 4) is 0 Å². The fourth-order valence-corrected chi connectivity index (χ4v) is 3.34. The van der Waals surface area contributed by atoms with Gasteiger partial charge >= 0.3 is 7.60 Å².